The van der Waals surface area contributed by atoms with Gasteiger partial charge in [-0.25, -0.2) is 0 Å². The summed E-state index contributed by atoms with van der Waals surface area (Å²) in [5, 5.41) is 57.0. The summed E-state index contributed by atoms with van der Waals surface area (Å²) in [6.45, 7) is 5.65. The molecule has 460 valence electrons. The van der Waals surface area contributed by atoms with Crippen molar-refractivity contribution in [3.8, 4) is 0 Å². The molecule has 8 atom stereocenters. The first-order valence-corrected chi connectivity index (χ1v) is 33.1. The van der Waals surface area contributed by atoms with Crippen molar-refractivity contribution in [1.82, 2.24) is 5.32 Å². The number of rotatable bonds is 56. The molecule has 8 unspecified atom stereocenters. The highest BCUT2D eigenvalue weighted by molar-refractivity contribution is 5.80. The maximum absolute atomic E-state index is 13.4. The van der Waals surface area contributed by atoms with E-state index in [1.54, 1.807) is 6.08 Å². The predicted molar refractivity (Wildman–Crippen MR) is 329 cm³/mol. The number of aliphatic hydroxyl groups excluding tert-OH is 5. The quantitative estimate of drug-likeness (QED) is 0.0149. The molecular formula is C68H123NO10. The van der Waals surface area contributed by atoms with Gasteiger partial charge in [0.05, 0.1) is 25.4 Å². The van der Waals surface area contributed by atoms with Crippen LogP contribution in [-0.2, 0) is 23.8 Å². The number of amides is 1. The fourth-order valence-electron chi connectivity index (χ4n) is 10.2. The first-order valence-electron chi connectivity index (χ1n) is 33.1. The number of aliphatic hydroxyl groups is 5. The second-order valence-corrected chi connectivity index (χ2v) is 22.9. The number of unbranched alkanes of at least 4 members (excludes halogenated alkanes) is 36. The summed E-state index contributed by atoms with van der Waals surface area (Å²) in [6.07, 6.45) is 60.0. The normalized spacial score (nSPS) is 19.2. The van der Waals surface area contributed by atoms with Crippen LogP contribution < -0.4 is 5.32 Å². The van der Waals surface area contributed by atoms with Crippen molar-refractivity contribution in [2.75, 3.05) is 13.2 Å². The van der Waals surface area contributed by atoms with Crippen molar-refractivity contribution in [2.24, 2.45) is 0 Å². The van der Waals surface area contributed by atoms with E-state index in [2.05, 4.69) is 56.5 Å². The van der Waals surface area contributed by atoms with Gasteiger partial charge in [0, 0.05) is 6.42 Å². The van der Waals surface area contributed by atoms with Gasteiger partial charge in [0.2, 0.25) is 5.91 Å². The third-order valence-corrected chi connectivity index (χ3v) is 15.5. The van der Waals surface area contributed by atoms with Gasteiger partial charge >= 0.3 is 5.97 Å². The molecule has 1 saturated heterocycles. The summed E-state index contributed by atoms with van der Waals surface area (Å²) >= 11 is 0. The minimum absolute atomic E-state index is 0.100. The monoisotopic (exact) mass is 1110 g/mol. The summed E-state index contributed by atoms with van der Waals surface area (Å²) in [6, 6.07) is -1.03. The average Bonchev–Trinajstić information content (AvgIpc) is 3.47. The molecule has 0 aliphatic carbocycles. The van der Waals surface area contributed by atoms with Gasteiger partial charge in [0.25, 0.3) is 0 Å². The molecule has 11 nitrogen and oxygen atoms in total. The minimum atomic E-state index is -1.62. The average molecular weight is 1110 g/mol. The molecule has 6 N–H and O–H groups in total. The van der Waals surface area contributed by atoms with Gasteiger partial charge in [0.15, 0.2) is 12.4 Å². The van der Waals surface area contributed by atoms with E-state index in [0.717, 1.165) is 77.0 Å². The van der Waals surface area contributed by atoms with Crippen LogP contribution in [0.1, 0.15) is 297 Å². The highest BCUT2D eigenvalue weighted by Gasteiger charge is 2.47. The molecule has 1 amide bonds. The third-order valence-electron chi connectivity index (χ3n) is 15.5. The summed E-state index contributed by atoms with van der Waals surface area (Å²) in [5.74, 6) is -1.21. The Kier molecular flexibility index (Phi) is 52.6. The van der Waals surface area contributed by atoms with Crippen LogP contribution in [0.15, 0.2) is 60.8 Å². The standard InChI is InChI=1S/C68H123NO10/c1-4-7-10-13-16-19-22-24-25-26-27-28-29-30-31-32-33-34-35-36-38-40-43-46-49-52-55-61(72)67(76)69-59(60(71)54-51-48-45-42-39-21-18-15-12-9-6-3)58-77-68-66(65(75)64(74)62(57-70)78-68)79-63(73)56-53-50-47-44-41-37-23-20-17-14-11-8-5-2/h8,11,14,17,20,23-25,51,54,59-62,64-66,68,70-72,74-75H,4-7,9-10,12-13,15-16,18-19,21-22,26-50,52-53,55-58H2,1-3H3,(H,69,76)/b11-8+,17-14+,23-20-,25-24+,54-51+. The van der Waals surface area contributed by atoms with Gasteiger partial charge in [-0.05, 0) is 70.6 Å². The lowest BCUT2D eigenvalue weighted by atomic mass is 9.99. The highest BCUT2D eigenvalue weighted by atomic mass is 16.7. The number of allylic oxidation sites excluding steroid dienone is 9. The van der Waals surface area contributed by atoms with E-state index >= 15 is 0 Å². The van der Waals surface area contributed by atoms with Gasteiger partial charge < -0.3 is 45.1 Å². The minimum Gasteiger partial charge on any atom is -0.454 e. The van der Waals surface area contributed by atoms with Crippen LogP contribution in [0.5, 0.6) is 0 Å². The second kappa shape index (κ2) is 55.9. The van der Waals surface area contributed by atoms with Crippen LogP contribution in [0.2, 0.25) is 0 Å². The first-order chi connectivity index (χ1) is 38.7. The van der Waals surface area contributed by atoms with Crippen molar-refractivity contribution < 1.29 is 49.3 Å². The number of hydrogen-bond acceptors (Lipinski definition) is 10. The summed E-state index contributed by atoms with van der Waals surface area (Å²) in [4.78, 5) is 26.5. The fourth-order valence-corrected chi connectivity index (χ4v) is 10.2. The Morgan fingerprint density at radius 2 is 0.924 bits per heavy atom. The van der Waals surface area contributed by atoms with Gasteiger partial charge in [-0.15, -0.1) is 0 Å². The van der Waals surface area contributed by atoms with Crippen LogP contribution in [0.4, 0.5) is 0 Å². The molecular weight excluding hydrogens is 991 g/mol. The Morgan fingerprint density at radius 1 is 0.506 bits per heavy atom. The zero-order valence-corrected chi connectivity index (χ0v) is 51.0. The lowest BCUT2D eigenvalue weighted by molar-refractivity contribution is -0.305. The third kappa shape index (κ3) is 43.7. The smallest absolute Gasteiger partial charge is 0.306 e. The Hall–Kier alpha value is -2.64. The molecule has 0 saturated carbocycles. The molecule has 11 heteroatoms. The van der Waals surface area contributed by atoms with Gasteiger partial charge in [-0.3, -0.25) is 9.59 Å². The predicted octanol–water partition coefficient (Wildman–Crippen LogP) is 16.2. The van der Waals surface area contributed by atoms with Crippen molar-refractivity contribution in [3.05, 3.63) is 60.8 Å². The Bertz CT molecular complexity index is 1510. The van der Waals surface area contributed by atoms with Crippen LogP contribution in [0.25, 0.3) is 0 Å². The van der Waals surface area contributed by atoms with E-state index in [0.29, 0.717) is 19.3 Å². The van der Waals surface area contributed by atoms with Gasteiger partial charge in [-0.2, -0.15) is 0 Å². The lowest BCUT2D eigenvalue weighted by Crippen LogP contribution is -2.61. The number of hydrogen-bond donors (Lipinski definition) is 6. The molecule has 0 aromatic rings. The second-order valence-electron chi connectivity index (χ2n) is 22.9. The number of carbonyl (C=O) groups excluding carboxylic acids is 2. The topological polar surface area (TPSA) is 175 Å². The van der Waals surface area contributed by atoms with Crippen molar-refractivity contribution in [2.45, 2.75) is 346 Å². The Morgan fingerprint density at radius 3 is 1.39 bits per heavy atom. The molecule has 1 fully saturated rings. The molecule has 0 aromatic carbocycles. The van der Waals surface area contributed by atoms with E-state index in [1.807, 2.05) is 24.3 Å². The van der Waals surface area contributed by atoms with Crippen LogP contribution in [0, 0.1) is 0 Å². The van der Waals surface area contributed by atoms with Crippen LogP contribution in [-0.4, -0.2) is 99.6 Å². The summed E-state index contributed by atoms with van der Waals surface area (Å²) < 4.78 is 17.6. The van der Waals surface area contributed by atoms with E-state index in [1.165, 1.54) is 173 Å². The van der Waals surface area contributed by atoms with Crippen molar-refractivity contribution in [1.29, 1.82) is 0 Å². The highest BCUT2D eigenvalue weighted by Crippen LogP contribution is 2.26. The maximum Gasteiger partial charge on any atom is 0.306 e. The largest absolute Gasteiger partial charge is 0.454 e. The molecule has 0 aromatic heterocycles. The maximum atomic E-state index is 13.4. The molecule has 1 heterocycles. The molecule has 0 spiro atoms. The Labute approximate surface area is 484 Å². The molecule has 1 aliphatic rings. The van der Waals surface area contributed by atoms with E-state index in [9.17, 15) is 35.1 Å². The van der Waals surface area contributed by atoms with Crippen molar-refractivity contribution in [3.63, 3.8) is 0 Å². The number of nitrogens with one attached hydrogen (secondary N) is 1. The first kappa shape index (κ1) is 74.4. The van der Waals surface area contributed by atoms with Gasteiger partial charge in [-0.1, -0.05) is 281 Å². The molecule has 0 radical (unpaired) electrons. The molecule has 0 bridgehead atoms. The SMILES string of the molecule is CC/C=C/C=C/C=C\CCCCCCCC(=O)OC1C(OCC(NC(=O)C(O)CCCCCCCCCCCCCCCCCC/C=C/CCCCCCCC)C(O)/C=C/CCCCCCCCCCC)OC(CO)C(O)C1O. The number of esters is 1. The lowest BCUT2D eigenvalue weighted by Gasteiger charge is -2.41. The van der Waals surface area contributed by atoms with E-state index < -0.39 is 67.4 Å². The fraction of sp³-hybridized carbons (Fsp3) is 0.824. The van der Waals surface area contributed by atoms with Crippen molar-refractivity contribution >= 4 is 11.9 Å². The van der Waals surface area contributed by atoms with Gasteiger partial charge in [0.1, 0.15) is 24.4 Å². The number of carbonyl (C=O) groups is 2. The van der Waals surface area contributed by atoms with Crippen LogP contribution >= 0.6 is 0 Å². The summed E-state index contributed by atoms with van der Waals surface area (Å²) in [5.41, 5.74) is 0. The molecule has 79 heavy (non-hydrogen) atoms. The van der Waals surface area contributed by atoms with E-state index in [4.69, 9.17) is 14.2 Å². The summed E-state index contributed by atoms with van der Waals surface area (Å²) in [7, 11) is 0. The molecule has 1 rings (SSSR count). The Balaban J connectivity index is 2.55. The van der Waals surface area contributed by atoms with E-state index in [-0.39, 0.29) is 13.0 Å². The van der Waals surface area contributed by atoms with Crippen LogP contribution in [0.3, 0.4) is 0 Å². The molecule has 1 aliphatic heterocycles. The zero-order chi connectivity index (χ0) is 57.5. The number of ether oxygens (including phenoxy) is 3. The zero-order valence-electron chi connectivity index (χ0n) is 51.0.